The van der Waals surface area contributed by atoms with Gasteiger partial charge < -0.3 is 10.2 Å². The van der Waals surface area contributed by atoms with Crippen LogP contribution in [0.1, 0.15) is 12.8 Å². The van der Waals surface area contributed by atoms with Crippen molar-refractivity contribution < 1.29 is 10.2 Å². The van der Waals surface area contributed by atoms with Gasteiger partial charge in [-0.2, -0.15) is 0 Å². The molecule has 0 saturated heterocycles. The Hall–Kier alpha value is -0.600. The molecule has 0 heterocycles. The second-order valence-corrected chi connectivity index (χ2v) is 6.59. The lowest BCUT2D eigenvalue weighted by molar-refractivity contribution is 0.195. The Labute approximate surface area is 108 Å². The predicted octanol–water partition coefficient (Wildman–Crippen LogP) is 1.85. The van der Waals surface area contributed by atoms with Gasteiger partial charge in [-0.05, 0) is 60.2 Å². The molecule has 6 atom stereocenters. The van der Waals surface area contributed by atoms with Crippen LogP contribution in [-0.2, 0) is 0 Å². The van der Waals surface area contributed by atoms with Crippen molar-refractivity contribution in [1.82, 2.24) is 0 Å². The molecule has 0 bridgehead atoms. The molecule has 0 spiro atoms. The van der Waals surface area contributed by atoms with E-state index in [1.165, 1.54) is 0 Å². The molecule has 0 aliphatic heterocycles. The van der Waals surface area contributed by atoms with Gasteiger partial charge in [0, 0.05) is 13.2 Å². The van der Waals surface area contributed by atoms with Gasteiger partial charge in [0.1, 0.15) is 0 Å². The molecule has 4 aliphatic carbocycles. The zero-order chi connectivity index (χ0) is 12.3. The molecule has 0 aromatic heterocycles. The van der Waals surface area contributed by atoms with Crippen LogP contribution in [0, 0.1) is 47.3 Å². The molecule has 98 valence electrons. The third kappa shape index (κ3) is 1.21. The van der Waals surface area contributed by atoms with Crippen LogP contribution in [0.5, 0.6) is 0 Å². The number of hydrogen-bond acceptors (Lipinski definition) is 2. The van der Waals surface area contributed by atoms with Crippen molar-refractivity contribution in [1.29, 1.82) is 0 Å². The molecule has 4 aliphatic rings. The van der Waals surface area contributed by atoms with Gasteiger partial charge in [0.05, 0.1) is 0 Å². The lowest BCUT2D eigenvalue weighted by atomic mass is 9.81. The molecule has 2 heteroatoms. The van der Waals surface area contributed by atoms with E-state index in [4.69, 9.17) is 0 Å². The predicted molar refractivity (Wildman–Crippen MR) is 69.6 cm³/mol. The van der Waals surface area contributed by atoms with Crippen molar-refractivity contribution in [3.05, 3.63) is 24.3 Å². The van der Waals surface area contributed by atoms with Gasteiger partial charge in [-0.3, -0.25) is 0 Å². The summed E-state index contributed by atoms with van der Waals surface area (Å²) in [5, 5.41) is 18.6. The second-order valence-electron chi connectivity index (χ2n) is 6.59. The maximum atomic E-state index is 9.30. The smallest absolute Gasteiger partial charge is 0.0434 e. The van der Waals surface area contributed by atoms with E-state index in [0.29, 0.717) is 48.7 Å². The van der Waals surface area contributed by atoms with Crippen molar-refractivity contribution in [2.75, 3.05) is 13.2 Å². The van der Waals surface area contributed by atoms with E-state index in [1.54, 1.807) is 0 Å². The minimum Gasteiger partial charge on any atom is -0.396 e. The van der Waals surface area contributed by atoms with Crippen LogP contribution in [-0.4, -0.2) is 23.4 Å². The highest BCUT2D eigenvalue weighted by molar-refractivity contribution is 5.29. The van der Waals surface area contributed by atoms with Crippen molar-refractivity contribution >= 4 is 0 Å². The minimum atomic E-state index is 0.328. The van der Waals surface area contributed by atoms with Crippen molar-refractivity contribution in [2.45, 2.75) is 12.8 Å². The summed E-state index contributed by atoms with van der Waals surface area (Å²) in [5.41, 5.74) is 0. The highest BCUT2D eigenvalue weighted by Gasteiger charge is 2.63. The highest BCUT2D eigenvalue weighted by atomic mass is 16.3. The Morgan fingerprint density at radius 1 is 0.611 bits per heavy atom. The van der Waals surface area contributed by atoms with E-state index in [0.717, 1.165) is 24.7 Å². The molecule has 0 radical (unpaired) electrons. The summed E-state index contributed by atoms with van der Waals surface area (Å²) >= 11 is 0. The summed E-state index contributed by atoms with van der Waals surface area (Å²) in [6, 6.07) is 0. The minimum absolute atomic E-state index is 0.328. The topological polar surface area (TPSA) is 40.5 Å². The molecule has 2 unspecified atom stereocenters. The third-order valence-electron chi connectivity index (χ3n) is 6.24. The third-order valence-corrected chi connectivity index (χ3v) is 6.24. The van der Waals surface area contributed by atoms with Gasteiger partial charge in [-0.25, -0.2) is 0 Å². The molecule has 0 amide bonds. The normalized spacial score (nSPS) is 54.6. The second kappa shape index (κ2) is 3.94. The largest absolute Gasteiger partial charge is 0.396 e. The number of allylic oxidation sites excluding steroid dienone is 4. The summed E-state index contributed by atoms with van der Waals surface area (Å²) in [6.07, 6.45) is 11.7. The Balaban J connectivity index is 1.68. The van der Waals surface area contributed by atoms with E-state index >= 15 is 0 Å². The van der Waals surface area contributed by atoms with Crippen LogP contribution >= 0.6 is 0 Å². The standard InChI is InChI=1S/C16H22O2/c17-7-5-9-11-1-2-12-10(6-8-18)14-4-3-13(9)16(14)15(11)12/h1-4,9-18H,5-8H2/t9?,10?,11-,12-,13+,14+,15?,16?. The summed E-state index contributed by atoms with van der Waals surface area (Å²) in [6.45, 7) is 0.655. The van der Waals surface area contributed by atoms with Gasteiger partial charge in [0.15, 0.2) is 0 Å². The van der Waals surface area contributed by atoms with Gasteiger partial charge in [-0.15, -0.1) is 0 Å². The number of hydrogen-bond donors (Lipinski definition) is 2. The first-order chi connectivity index (χ1) is 8.86. The quantitative estimate of drug-likeness (QED) is 0.743. The average molecular weight is 246 g/mol. The number of aliphatic hydroxyl groups excluding tert-OH is 2. The van der Waals surface area contributed by atoms with Gasteiger partial charge in [0.25, 0.3) is 0 Å². The Morgan fingerprint density at radius 2 is 0.944 bits per heavy atom. The zero-order valence-corrected chi connectivity index (χ0v) is 10.7. The van der Waals surface area contributed by atoms with E-state index in [2.05, 4.69) is 24.3 Å². The molecule has 2 nitrogen and oxygen atoms in total. The SMILES string of the molecule is OCCC1[C@H]2C=C[C@@H]3C(CCO)[C@@H]4C=C[C@@H]1C4C23. The molecule has 0 aromatic carbocycles. The van der Waals surface area contributed by atoms with E-state index < -0.39 is 0 Å². The van der Waals surface area contributed by atoms with Crippen molar-refractivity contribution in [3.8, 4) is 0 Å². The Kier molecular flexibility index (Phi) is 2.46. The van der Waals surface area contributed by atoms with Gasteiger partial charge in [0.2, 0.25) is 0 Å². The molecular weight excluding hydrogens is 224 g/mol. The first-order valence-electron chi connectivity index (χ1n) is 7.45. The van der Waals surface area contributed by atoms with Gasteiger partial charge >= 0.3 is 0 Å². The lowest BCUT2D eigenvalue weighted by Gasteiger charge is -2.24. The average Bonchev–Trinajstić information content (AvgIpc) is 3.04. The fraction of sp³-hybridized carbons (Fsp3) is 0.750. The zero-order valence-electron chi connectivity index (χ0n) is 10.7. The maximum absolute atomic E-state index is 9.30. The number of rotatable bonds is 4. The van der Waals surface area contributed by atoms with Crippen molar-refractivity contribution in [3.63, 3.8) is 0 Å². The van der Waals surface area contributed by atoms with Crippen LogP contribution in [0.25, 0.3) is 0 Å². The molecule has 2 fully saturated rings. The molecular formula is C16H22O2. The van der Waals surface area contributed by atoms with Crippen LogP contribution in [0.2, 0.25) is 0 Å². The lowest BCUT2D eigenvalue weighted by Crippen LogP contribution is -2.20. The number of aliphatic hydroxyl groups is 2. The fourth-order valence-electron chi connectivity index (χ4n) is 5.86. The Morgan fingerprint density at radius 3 is 1.22 bits per heavy atom. The van der Waals surface area contributed by atoms with Crippen LogP contribution in [0.15, 0.2) is 24.3 Å². The summed E-state index contributed by atoms with van der Waals surface area (Å²) in [5.74, 6) is 5.76. The molecule has 4 rings (SSSR count). The summed E-state index contributed by atoms with van der Waals surface area (Å²) in [7, 11) is 0. The van der Waals surface area contributed by atoms with Crippen LogP contribution < -0.4 is 0 Å². The van der Waals surface area contributed by atoms with E-state index in [1.807, 2.05) is 0 Å². The molecule has 0 aromatic rings. The molecule has 2 saturated carbocycles. The first kappa shape index (κ1) is 11.2. The van der Waals surface area contributed by atoms with Crippen LogP contribution in [0.3, 0.4) is 0 Å². The summed E-state index contributed by atoms with van der Waals surface area (Å²) < 4.78 is 0. The van der Waals surface area contributed by atoms with Crippen LogP contribution in [0.4, 0.5) is 0 Å². The highest BCUT2D eigenvalue weighted by Crippen LogP contribution is 2.68. The van der Waals surface area contributed by atoms with Gasteiger partial charge in [-0.1, -0.05) is 24.3 Å². The fourth-order valence-corrected chi connectivity index (χ4v) is 5.86. The van der Waals surface area contributed by atoms with E-state index in [-0.39, 0.29) is 0 Å². The maximum Gasteiger partial charge on any atom is 0.0434 e. The summed E-state index contributed by atoms with van der Waals surface area (Å²) in [4.78, 5) is 0. The molecule has 2 N–H and O–H groups in total. The van der Waals surface area contributed by atoms with E-state index in [9.17, 15) is 10.2 Å². The molecule has 18 heavy (non-hydrogen) atoms. The first-order valence-corrected chi connectivity index (χ1v) is 7.45. The Bertz CT molecular complexity index is 334. The van der Waals surface area contributed by atoms with Crippen molar-refractivity contribution in [2.24, 2.45) is 47.3 Å². The monoisotopic (exact) mass is 246 g/mol.